The van der Waals surface area contributed by atoms with Gasteiger partial charge in [-0.3, -0.25) is 0 Å². The topological polar surface area (TPSA) is 92.1 Å². The fourth-order valence-electron chi connectivity index (χ4n) is 0.930. The molecule has 1 aromatic heterocycles. The van der Waals surface area contributed by atoms with Crippen molar-refractivity contribution in [1.29, 1.82) is 0 Å². The van der Waals surface area contributed by atoms with Crippen LogP contribution in [0.4, 0.5) is 5.82 Å². The van der Waals surface area contributed by atoms with Crippen LogP contribution in [0.2, 0.25) is 0 Å². The van der Waals surface area contributed by atoms with Crippen LogP contribution in [0.1, 0.15) is 12.5 Å². The Morgan fingerprint density at radius 3 is 3.08 bits per heavy atom. The van der Waals surface area contributed by atoms with Crippen molar-refractivity contribution in [1.82, 2.24) is 10.2 Å². The van der Waals surface area contributed by atoms with E-state index >= 15 is 0 Å². The third kappa shape index (κ3) is 1.79. The largest absolute Gasteiger partial charge is 0.393 e. The van der Waals surface area contributed by atoms with Crippen molar-refractivity contribution in [2.75, 3.05) is 0 Å². The van der Waals surface area contributed by atoms with Gasteiger partial charge in [0.05, 0.1) is 17.9 Å². The molecule has 0 aliphatic rings. The van der Waals surface area contributed by atoms with E-state index in [4.69, 9.17) is 5.11 Å². The highest BCUT2D eigenvalue weighted by atomic mass is 16.6. The average molecular weight is 171 g/mol. The van der Waals surface area contributed by atoms with E-state index in [2.05, 4.69) is 10.2 Å². The van der Waals surface area contributed by atoms with Crippen LogP contribution < -0.4 is 0 Å². The fourth-order valence-corrected chi connectivity index (χ4v) is 0.930. The highest BCUT2D eigenvalue weighted by molar-refractivity contribution is 5.29. The third-order valence-electron chi connectivity index (χ3n) is 1.39. The molecule has 0 amide bonds. The number of aromatic amines is 1. The van der Waals surface area contributed by atoms with E-state index in [1.165, 1.54) is 6.20 Å². The number of nitrogens with one attached hydrogen (secondary N) is 1. The molecule has 12 heavy (non-hydrogen) atoms. The van der Waals surface area contributed by atoms with Crippen LogP contribution in [-0.2, 0) is 6.42 Å². The van der Waals surface area contributed by atoms with Gasteiger partial charge in [0.25, 0.3) is 0 Å². The number of hydrogen-bond acceptors (Lipinski definition) is 4. The Morgan fingerprint density at radius 1 is 1.92 bits per heavy atom. The van der Waals surface area contributed by atoms with Gasteiger partial charge in [-0.1, -0.05) is 5.10 Å². The summed E-state index contributed by atoms with van der Waals surface area (Å²) in [6.45, 7) is 1.57. The van der Waals surface area contributed by atoms with Gasteiger partial charge in [-0.15, -0.1) is 5.10 Å². The summed E-state index contributed by atoms with van der Waals surface area (Å²) in [5, 5.41) is 25.1. The molecule has 6 heteroatoms. The lowest BCUT2D eigenvalue weighted by Gasteiger charge is -1.99. The summed E-state index contributed by atoms with van der Waals surface area (Å²) >= 11 is 0. The molecule has 0 saturated heterocycles. The van der Waals surface area contributed by atoms with E-state index in [1.54, 1.807) is 6.92 Å². The summed E-state index contributed by atoms with van der Waals surface area (Å²) in [5.74, 6) is -0.143. The van der Waals surface area contributed by atoms with Gasteiger partial charge in [-0.25, -0.2) is 0 Å². The van der Waals surface area contributed by atoms with E-state index in [1.807, 2.05) is 0 Å². The quantitative estimate of drug-likeness (QED) is 0.503. The minimum atomic E-state index is -0.596. The smallest absolute Gasteiger partial charge is 0.345 e. The summed E-state index contributed by atoms with van der Waals surface area (Å²) < 4.78 is 0. The first-order valence-electron chi connectivity index (χ1n) is 3.46. The minimum absolute atomic E-state index is 0.143. The average Bonchev–Trinajstić information content (AvgIpc) is 2.33. The molecular weight excluding hydrogens is 162 g/mol. The van der Waals surface area contributed by atoms with E-state index in [9.17, 15) is 10.1 Å². The van der Waals surface area contributed by atoms with Crippen LogP contribution in [0.5, 0.6) is 0 Å². The second-order valence-electron chi connectivity index (χ2n) is 2.55. The predicted molar refractivity (Wildman–Crippen MR) is 40.6 cm³/mol. The van der Waals surface area contributed by atoms with Gasteiger partial charge in [0, 0.05) is 6.42 Å². The number of nitrogens with zero attached hydrogens (tertiary/aromatic N) is 2. The molecule has 1 atom stereocenters. The number of rotatable bonds is 3. The monoisotopic (exact) mass is 171 g/mol. The number of aliphatic hydroxyl groups is 1. The second kappa shape index (κ2) is 3.31. The zero-order chi connectivity index (χ0) is 9.14. The zero-order valence-corrected chi connectivity index (χ0v) is 6.52. The van der Waals surface area contributed by atoms with Crippen LogP contribution in [0.3, 0.4) is 0 Å². The van der Waals surface area contributed by atoms with Crippen molar-refractivity contribution in [3.05, 3.63) is 21.9 Å². The van der Waals surface area contributed by atoms with Gasteiger partial charge < -0.3 is 15.2 Å². The molecule has 0 aliphatic heterocycles. The Balaban J connectivity index is 2.84. The summed E-state index contributed by atoms with van der Waals surface area (Å²) in [5.41, 5.74) is 0.426. The van der Waals surface area contributed by atoms with Gasteiger partial charge in [0.15, 0.2) is 0 Å². The fraction of sp³-hybridized carbons (Fsp3) is 0.500. The summed E-state index contributed by atoms with van der Waals surface area (Å²) in [6, 6.07) is 0. The van der Waals surface area contributed by atoms with Crippen LogP contribution in [0.25, 0.3) is 0 Å². The molecule has 1 heterocycles. The van der Waals surface area contributed by atoms with E-state index in [-0.39, 0.29) is 12.2 Å². The number of aliphatic hydroxyl groups excluding tert-OH is 1. The first-order chi connectivity index (χ1) is 5.61. The van der Waals surface area contributed by atoms with Crippen LogP contribution >= 0.6 is 0 Å². The van der Waals surface area contributed by atoms with Gasteiger partial charge in [-0.05, 0) is 11.8 Å². The Morgan fingerprint density at radius 2 is 2.58 bits per heavy atom. The summed E-state index contributed by atoms with van der Waals surface area (Å²) in [7, 11) is 0. The molecule has 0 aromatic carbocycles. The number of aromatic nitrogens is 2. The minimum Gasteiger partial charge on any atom is -0.393 e. The zero-order valence-electron chi connectivity index (χ0n) is 6.52. The van der Waals surface area contributed by atoms with Gasteiger partial charge in [0.2, 0.25) is 0 Å². The van der Waals surface area contributed by atoms with Crippen LogP contribution in [-0.4, -0.2) is 26.3 Å². The molecule has 0 unspecified atom stereocenters. The Labute approximate surface area is 68.4 Å². The van der Waals surface area contributed by atoms with E-state index < -0.39 is 11.0 Å². The van der Waals surface area contributed by atoms with Gasteiger partial charge in [0.1, 0.15) is 0 Å². The van der Waals surface area contributed by atoms with Crippen LogP contribution in [0.15, 0.2) is 6.20 Å². The lowest BCUT2D eigenvalue weighted by atomic mass is 10.2. The maximum Gasteiger partial charge on any atom is 0.345 e. The molecule has 1 rings (SSSR count). The van der Waals surface area contributed by atoms with Crippen LogP contribution in [0, 0.1) is 10.1 Å². The number of H-pyrrole nitrogens is 1. The first-order valence-corrected chi connectivity index (χ1v) is 3.46. The Kier molecular flexibility index (Phi) is 2.39. The van der Waals surface area contributed by atoms with Crippen molar-refractivity contribution in [2.45, 2.75) is 19.4 Å². The lowest BCUT2D eigenvalue weighted by molar-refractivity contribution is -0.390. The van der Waals surface area contributed by atoms with Crippen molar-refractivity contribution in [3.8, 4) is 0 Å². The normalized spacial score (nSPS) is 12.8. The molecule has 0 saturated carbocycles. The standard InChI is InChI=1S/C6H9N3O3/c1-4(10)2-5-3-7-8-6(5)9(11)12/h3-4,10H,2H2,1H3,(H,7,8)/t4-/m1/s1. The van der Waals surface area contributed by atoms with Crippen molar-refractivity contribution < 1.29 is 10.0 Å². The van der Waals surface area contributed by atoms with Crippen molar-refractivity contribution >= 4 is 5.82 Å². The first kappa shape index (κ1) is 8.66. The summed E-state index contributed by atoms with van der Waals surface area (Å²) in [4.78, 5) is 9.77. The maximum absolute atomic E-state index is 10.3. The molecule has 1 aromatic rings. The molecule has 0 spiro atoms. The molecule has 0 aliphatic carbocycles. The molecule has 0 radical (unpaired) electrons. The Bertz CT molecular complexity index is 281. The van der Waals surface area contributed by atoms with E-state index in [0.29, 0.717) is 5.56 Å². The molecule has 66 valence electrons. The molecule has 0 bridgehead atoms. The van der Waals surface area contributed by atoms with Gasteiger partial charge >= 0.3 is 5.82 Å². The number of nitro groups is 1. The van der Waals surface area contributed by atoms with Gasteiger partial charge in [-0.2, -0.15) is 0 Å². The van der Waals surface area contributed by atoms with Crippen molar-refractivity contribution in [2.24, 2.45) is 0 Å². The second-order valence-corrected chi connectivity index (χ2v) is 2.55. The van der Waals surface area contributed by atoms with E-state index in [0.717, 1.165) is 0 Å². The summed E-state index contributed by atoms with van der Waals surface area (Å²) in [6.07, 6.45) is 0.999. The number of hydrogen-bond donors (Lipinski definition) is 2. The maximum atomic E-state index is 10.3. The molecular formula is C6H9N3O3. The molecule has 0 fully saturated rings. The van der Waals surface area contributed by atoms with Crippen molar-refractivity contribution in [3.63, 3.8) is 0 Å². The highest BCUT2D eigenvalue weighted by Crippen LogP contribution is 2.15. The Hall–Kier alpha value is -1.43. The third-order valence-corrected chi connectivity index (χ3v) is 1.39. The molecule has 2 N–H and O–H groups in total. The molecule has 6 nitrogen and oxygen atoms in total. The lowest BCUT2D eigenvalue weighted by Crippen LogP contribution is -2.05. The highest BCUT2D eigenvalue weighted by Gasteiger charge is 2.15. The SMILES string of the molecule is C[C@@H](O)Cc1cn[nH]c1[N+](=O)[O-]. The predicted octanol–water partition coefficient (Wildman–Crippen LogP) is 0.241.